The third-order valence-electron chi connectivity index (χ3n) is 3.30. The Morgan fingerprint density at radius 2 is 1.95 bits per heavy atom. The molecule has 1 aromatic rings. The minimum absolute atomic E-state index is 0.0104. The summed E-state index contributed by atoms with van der Waals surface area (Å²) in [7, 11) is 0. The van der Waals surface area contributed by atoms with Gasteiger partial charge in [-0.3, -0.25) is 9.59 Å². The summed E-state index contributed by atoms with van der Waals surface area (Å²) in [6.07, 6.45) is 0.841. The maximum Gasteiger partial charge on any atom is 0.229 e. The summed E-state index contributed by atoms with van der Waals surface area (Å²) in [6.45, 7) is 7.85. The molecule has 4 nitrogen and oxygen atoms in total. The van der Waals surface area contributed by atoms with Crippen LogP contribution in [0.4, 0.5) is 11.4 Å². The van der Waals surface area contributed by atoms with E-state index in [9.17, 15) is 9.59 Å². The number of anilines is 2. The summed E-state index contributed by atoms with van der Waals surface area (Å²) >= 11 is 0. The lowest BCUT2D eigenvalue weighted by Crippen LogP contribution is -2.30. The molecule has 0 fully saturated rings. The lowest BCUT2D eigenvalue weighted by atomic mass is 9.95. The van der Waals surface area contributed by atoms with Crippen molar-refractivity contribution in [2.75, 3.05) is 16.8 Å². The van der Waals surface area contributed by atoms with E-state index in [1.165, 1.54) is 0 Å². The summed E-state index contributed by atoms with van der Waals surface area (Å²) in [6, 6.07) is 5.77. The van der Waals surface area contributed by atoms with Crippen LogP contribution in [-0.2, 0) is 16.0 Å². The van der Waals surface area contributed by atoms with E-state index in [1.807, 2.05) is 39.0 Å². The molecule has 0 radical (unpaired) electrons. The Kier molecular flexibility index (Phi) is 3.35. The Morgan fingerprint density at radius 1 is 1.26 bits per heavy atom. The lowest BCUT2D eigenvalue weighted by molar-refractivity contribution is -0.123. The molecule has 0 spiro atoms. The maximum absolute atomic E-state index is 12.1. The molecule has 0 aromatic heterocycles. The normalized spacial score (nSPS) is 14.2. The molecule has 0 aliphatic carbocycles. The molecule has 102 valence electrons. The molecule has 0 unspecified atom stereocenters. The van der Waals surface area contributed by atoms with Crippen molar-refractivity contribution in [3.05, 3.63) is 23.8 Å². The maximum atomic E-state index is 12.1. The van der Waals surface area contributed by atoms with Gasteiger partial charge < -0.3 is 10.2 Å². The minimum Gasteiger partial charge on any atom is -0.324 e. The van der Waals surface area contributed by atoms with Crippen LogP contribution in [0.1, 0.15) is 33.3 Å². The molecular weight excluding hydrogens is 240 g/mol. The van der Waals surface area contributed by atoms with Gasteiger partial charge in [0.1, 0.15) is 0 Å². The van der Waals surface area contributed by atoms with Crippen LogP contribution in [0.25, 0.3) is 0 Å². The van der Waals surface area contributed by atoms with E-state index in [4.69, 9.17) is 0 Å². The van der Waals surface area contributed by atoms with Crippen molar-refractivity contribution in [2.45, 2.75) is 34.1 Å². The average molecular weight is 260 g/mol. The Labute approximate surface area is 113 Å². The summed E-state index contributed by atoms with van der Waals surface area (Å²) < 4.78 is 0. The number of benzene rings is 1. The minimum atomic E-state index is -0.456. The van der Waals surface area contributed by atoms with Gasteiger partial charge in [-0.1, -0.05) is 32.9 Å². The zero-order chi connectivity index (χ0) is 14.2. The Hall–Kier alpha value is -1.84. The van der Waals surface area contributed by atoms with Crippen molar-refractivity contribution < 1.29 is 9.59 Å². The molecule has 1 aromatic carbocycles. The summed E-state index contributed by atoms with van der Waals surface area (Å²) in [5.41, 5.74) is 2.24. The van der Waals surface area contributed by atoms with Gasteiger partial charge in [-0.15, -0.1) is 0 Å². The van der Waals surface area contributed by atoms with Crippen molar-refractivity contribution in [1.82, 2.24) is 0 Å². The number of carbonyl (C=O) groups excluding carboxylic acids is 2. The van der Waals surface area contributed by atoms with Gasteiger partial charge in [0, 0.05) is 18.9 Å². The Bertz CT molecular complexity index is 529. The third kappa shape index (κ3) is 2.62. The van der Waals surface area contributed by atoms with E-state index in [-0.39, 0.29) is 11.8 Å². The summed E-state index contributed by atoms with van der Waals surface area (Å²) in [4.78, 5) is 25.5. The molecule has 1 N–H and O–H groups in total. The molecule has 2 rings (SSSR count). The van der Waals surface area contributed by atoms with E-state index in [0.29, 0.717) is 6.54 Å². The standard InChI is InChI=1S/C15H20N2O2/c1-10(18)17-9-8-11-6-5-7-12(13(11)17)16-14(19)15(2,3)4/h5-7H,8-9H2,1-4H3,(H,16,19). The first-order valence-corrected chi connectivity index (χ1v) is 6.52. The second-order valence-corrected chi connectivity index (χ2v) is 5.94. The number of amides is 2. The lowest BCUT2D eigenvalue weighted by Gasteiger charge is -2.22. The SMILES string of the molecule is CC(=O)N1CCc2cccc(NC(=O)C(C)(C)C)c21. The molecule has 0 saturated heterocycles. The van der Waals surface area contributed by atoms with Gasteiger partial charge in [0.05, 0.1) is 11.4 Å². The van der Waals surface area contributed by atoms with Gasteiger partial charge >= 0.3 is 0 Å². The molecule has 19 heavy (non-hydrogen) atoms. The number of para-hydroxylation sites is 1. The van der Waals surface area contributed by atoms with Crippen LogP contribution in [0.2, 0.25) is 0 Å². The van der Waals surface area contributed by atoms with Gasteiger partial charge in [-0.2, -0.15) is 0 Å². The van der Waals surface area contributed by atoms with Gasteiger partial charge in [0.2, 0.25) is 11.8 Å². The Morgan fingerprint density at radius 3 is 2.53 bits per heavy atom. The molecule has 0 bridgehead atoms. The molecule has 0 saturated carbocycles. The first-order valence-electron chi connectivity index (χ1n) is 6.52. The number of hydrogen-bond acceptors (Lipinski definition) is 2. The van der Waals surface area contributed by atoms with Crippen LogP contribution in [-0.4, -0.2) is 18.4 Å². The number of rotatable bonds is 1. The highest BCUT2D eigenvalue weighted by Gasteiger charge is 2.28. The summed E-state index contributed by atoms with van der Waals surface area (Å²) in [5.74, 6) is -0.0347. The second-order valence-electron chi connectivity index (χ2n) is 5.94. The number of fused-ring (bicyclic) bond motifs is 1. The van der Waals surface area contributed by atoms with Crippen molar-refractivity contribution >= 4 is 23.2 Å². The van der Waals surface area contributed by atoms with Crippen LogP contribution in [0, 0.1) is 5.41 Å². The molecule has 1 heterocycles. The van der Waals surface area contributed by atoms with Gasteiger partial charge in [0.15, 0.2) is 0 Å². The van der Waals surface area contributed by atoms with E-state index < -0.39 is 5.41 Å². The zero-order valence-corrected chi connectivity index (χ0v) is 11.9. The molecular formula is C15H20N2O2. The quantitative estimate of drug-likeness (QED) is 0.843. The van der Waals surface area contributed by atoms with Crippen LogP contribution in [0.5, 0.6) is 0 Å². The van der Waals surface area contributed by atoms with Gasteiger partial charge in [-0.05, 0) is 18.1 Å². The molecule has 4 heteroatoms. The monoisotopic (exact) mass is 260 g/mol. The van der Waals surface area contributed by atoms with Crippen molar-refractivity contribution in [3.8, 4) is 0 Å². The molecule has 0 atom stereocenters. The highest BCUT2D eigenvalue weighted by atomic mass is 16.2. The smallest absolute Gasteiger partial charge is 0.229 e. The largest absolute Gasteiger partial charge is 0.324 e. The number of hydrogen-bond donors (Lipinski definition) is 1. The summed E-state index contributed by atoms with van der Waals surface area (Å²) in [5, 5.41) is 2.93. The van der Waals surface area contributed by atoms with Gasteiger partial charge in [0.25, 0.3) is 0 Å². The number of carbonyl (C=O) groups is 2. The fraction of sp³-hybridized carbons (Fsp3) is 0.467. The molecule has 1 aliphatic heterocycles. The molecule has 1 aliphatic rings. The highest BCUT2D eigenvalue weighted by molar-refractivity contribution is 6.03. The van der Waals surface area contributed by atoms with E-state index in [0.717, 1.165) is 23.4 Å². The van der Waals surface area contributed by atoms with E-state index in [1.54, 1.807) is 11.8 Å². The average Bonchev–Trinajstić information content (AvgIpc) is 2.72. The highest BCUT2D eigenvalue weighted by Crippen LogP contribution is 2.36. The fourth-order valence-electron chi connectivity index (χ4n) is 2.18. The molecule has 2 amide bonds. The van der Waals surface area contributed by atoms with Crippen LogP contribution in [0.15, 0.2) is 18.2 Å². The van der Waals surface area contributed by atoms with Crippen molar-refractivity contribution in [3.63, 3.8) is 0 Å². The van der Waals surface area contributed by atoms with Crippen LogP contribution >= 0.6 is 0 Å². The first-order chi connectivity index (χ1) is 8.80. The topological polar surface area (TPSA) is 49.4 Å². The van der Waals surface area contributed by atoms with Gasteiger partial charge in [-0.25, -0.2) is 0 Å². The number of nitrogens with one attached hydrogen (secondary N) is 1. The second kappa shape index (κ2) is 4.68. The number of nitrogens with zero attached hydrogens (tertiary/aromatic N) is 1. The third-order valence-corrected chi connectivity index (χ3v) is 3.30. The van der Waals surface area contributed by atoms with E-state index >= 15 is 0 Å². The first kappa shape index (κ1) is 13.6. The predicted octanol–water partition coefficient (Wildman–Crippen LogP) is 2.58. The Balaban J connectivity index is 2.36. The predicted molar refractivity (Wildman–Crippen MR) is 76.3 cm³/mol. The van der Waals surface area contributed by atoms with Crippen LogP contribution < -0.4 is 10.2 Å². The van der Waals surface area contributed by atoms with Crippen molar-refractivity contribution in [1.29, 1.82) is 0 Å². The fourth-order valence-corrected chi connectivity index (χ4v) is 2.18. The van der Waals surface area contributed by atoms with E-state index in [2.05, 4.69) is 5.32 Å². The zero-order valence-electron chi connectivity index (χ0n) is 11.9. The van der Waals surface area contributed by atoms with Crippen molar-refractivity contribution in [2.24, 2.45) is 5.41 Å². The van der Waals surface area contributed by atoms with Crippen LogP contribution in [0.3, 0.4) is 0 Å².